The van der Waals surface area contributed by atoms with E-state index < -0.39 is 0 Å². The predicted molar refractivity (Wildman–Crippen MR) is 84.6 cm³/mol. The Bertz CT molecular complexity index is 673. The fourth-order valence-electron chi connectivity index (χ4n) is 2.84. The van der Waals surface area contributed by atoms with Crippen LogP contribution < -0.4 is 5.32 Å². The molecule has 2 aromatic carbocycles. The maximum atomic E-state index is 9.05. The summed E-state index contributed by atoms with van der Waals surface area (Å²) in [5.74, 6) is 0. The fraction of sp³-hybridized carbons (Fsp3) is 0.235. The van der Waals surface area contributed by atoms with Crippen molar-refractivity contribution in [2.75, 3.05) is 5.32 Å². The summed E-state index contributed by atoms with van der Waals surface area (Å²) in [4.78, 5) is 0. The molecule has 0 radical (unpaired) electrons. The highest BCUT2D eigenvalue weighted by Crippen LogP contribution is 2.33. The zero-order valence-corrected chi connectivity index (χ0v) is 12.7. The van der Waals surface area contributed by atoms with Gasteiger partial charge in [-0.25, -0.2) is 0 Å². The van der Waals surface area contributed by atoms with Gasteiger partial charge in [0.25, 0.3) is 0 Å². The van der Waals surface area contributed by atoms with E-state index in [1.54, 1.807) is 0 Å². The summed E-state index contributed by atoms with van der Waals surface area (Å²) in [7, 11) is 0. The molecule has 1 atom stereocenters. The van der Waals surface area contributed by atoms with Gasteiger partial charge in [-0.3, -0.25) is 0 Å². The third kappa shape index (κ3) is 2.71. The molecule has 0 saturated heterocycles. The number of hydrogen-bond acceptors (Lipinski definition) is 2. The van der Waals surface area contributed by atoms with Gasteiger partial charge in [0.15, 0.2) is 0 Å². The normalized spacial score (nSPS) is 17.1. The van der Waals surface area contributed by atoms with Crippen LogP contribution in [0.3, 0.4) is 0 Å². The van der Waals surface area contributed by atoms with Gasteiger partial charge in [0.1, 0.15) is 0 Å². The van der Waals surface area contributed by atoms with Crippen molar-refractivity contribution >= 4 is 21.6 Å². The van der Waals surface area contributed by atoms with Crippen LogP contribution in [0.4, 0.5) is 5.69 Å². The molecule has 0 spiro atoms. The first-order chi connectivity index (χ1) is 9.76. The van der Waals surface area contributed by atoms with Crippen molar-refractivity contribution in [1.82, 2.24) is 0 Å². The number of nitriles is 1. The highest BCUT2D eigenvalue weighted by molar-refractivity contribution is 9.10. The molecule has 1 unspecified atom stereocenters. The molecule has 0 saturated carbocycles. The van der Waals surface area contributed by atoms with Gasteiger partial charge in [-0.2, -0.15) is 5.26 Å². The molecule has 0 amide bonds. The minimum absolute atomic E-state index is 0.334. The molecular weight excluding hydrogens is 312 g/mol. The monoisotopic (exact) mass is 326 g/mol. The molecule has 1 aliphatic rings. The number of nitrogens with zero attached hydrogens (tertiary/aromatic N) is 1. The molecule has 0 bridgehead atoms. The molecule has 100 valence electrons. The van der Waals surface area contributed by atoms with Crippen LogP contribution in [0, 0.1) is 11.3 Å². The molecule has 2 nitrogen and oxygen atoms in total. The van der Waals surface area contributed by atoms with E-state index >= 15 is 0 Å². The van der Waals surface area contributed by atoms with Gasteiger partial charge >= 0.3 is 0 Å². The van der Waals surface area contributed by atoms with E-state index in [0.29, 0.717) is 11.6 Å². The van der Waals surface area contributed by atoms with Crippen LogP contribution in [0.5, 0.6) is 0 Å². The van der Waals surface area contributed by atoms with E-state index in [9.17, 15) is 0 Å². The van der Waals surface area contributed by atoms with Gasteiger partial charge in [-0.05, 0) is 48.6 Å². The van der Waals surface area contributed by atoms with E-state index in [4.69, 9.17) is 5.26 Å². The molecule has 1 N–H and O–H groups in total. The van der Waals surface area contributed by atoms with E-state index in [1.165, 1.54) is 17.5 Å². The second kappa shape index (κ2) is 5.68. The molecule has 0 heterocycles. The number of aryl methyl sites for hydroxylation is 1. The average molecular weight is 327 g/mol. The van der Waals surface area contributed by atoms with Crippen LogP contribution in [-0.2, 0) is 6.42 Å². The average Bonchev–Trinajstić information content (AvgIpc) is 2.47. The molecule has 3 rings (SSSR count). The highest BCUT2D eigenvalue weighted by Gasteiger charge is 2.19. The number of halogens is 1. The van der Waals surface area contributed by atoms with Gasteiger partial charge in [-0.15, -0.1) is 0 Å². The molecular formula is C17H15BrN2. The van der Waals surface area contributed by atoms with E-state index in [2.05, 4.69) is 51.6 Å². The Morgan fingerprint density at radius 1 is 1.20 bits per heavy atom. The smallest absolute Gasteiger partial charge is 0.0992 e. The first-order valence-corrected chi connectivity index (χ1v) is 7.60. The fourth-order valence-corrected chi connectivity index (χ4v) is 3.34. The Morgan fingerprint density at radius 3 is 2.90 bits per heavy atom. The predicted octanol–water partition coefficient (Wildman–Crippen LogP) is 4.81. The van der Waals surface area contributed by atoms with Crippen LogP contribution in [0.1, 0.15) is 35.6 Å². The summed E-state index contributed by atoms with van der Waals surface area (Å²) < 4.78 is 0.933. The molecule has 0 aromatic heterocycles. The first kappa shape index (κ1) is 13.2. The van der Waals surface area contributed by atoms with E-state index in [0.717, 1.165) is 23.0 Å². The summed E-state index contributed by atoms with van der Waals surface area (Å²) in [5.41, 5.74) is 4.49. The van der Waals surface area contributed by atoms with Crippen LogP contribution in [0.2, 0.25) is 0 Å². The maximum Gasteiger partial charge on any atom is 0.0992 e. The summed E-state index contributed by atoms with van der Waals surface area (Å²) in [5, 5.41) is 12.6. The van der Waals surface area contributed by atoms with Crippen molar-refractivity contribution in [1.29, 1.82) is 5.26 Å². The van der Waals surface area contributed by atoms with Crippen molar-refractivity contribution in [3.05, 3.63) is 63.6 Å². The Kier molecular flexibility index (Phi) is 3.75. The number of anilines is 1. The van der Waals surface area contributed by atoms with Crippen molar-refractivity contribution in [3.63, 3.8) is 0 Å². The van der Waals surface area contributed by atoms with Gasteiger partial charge in [0, 0.05) is 10.2 Å². The summed E-state index contributed by atoms with van der Waals surface area (Å²) >= 11 is 3.46. The third-order valence-electron chi connectivity index (χ3n) is 3.74. The van der Waals surface area contributed by atoms with Gasteiger partial charge in [0.05, 0.1) is 17.7 Å². The molecule has 0 fully saturated rings. The van der Waals surface area contributed by atoms with Crippen molar-refractivity contribution in [2.24, 2.45) is 0 Å². The topological polar surface area (TPSA) is 35.8 Å². The van der Waals surface area contributed by atoms with E-state index in [1.807, 2.05) is 18.2 Å². The Hall–Kier alpha value is -1.79. The number of rotatable bonds is 2. The lowest BCUT2D eigenvalue weighted by atomic mass is 9.87. The van der Waals surface area contributed by atoms with Crippen molar-refractivity contribution < 1.29 is 0 Å². The second-order valence-corrected chi connectivity index (χ2v) is 6.04. The molecule has 1 aliphatic carbocycles. The summed E-state index contributed by atoms with van der Waals surface area (Å²) in [6.07, 6.45) is 3.50. The molecule has 2 aromatic rings. The lowest BCUT2D eigenvalue weighted by molar-refractivity contribution is 0.600. The minimum atomic E-state index is 0.334. The van der Waals surface area contributed by atoms with Crippen molar-refractivity contribution in [3.8, 4) is 6.07 Å². The number of nitrogens with one attached hydrogen (secondary N) is 1. The van der Waals surface area contributed by atoms with Crippen molar-refractivity contribution in [2.45, 2.75) is 25.3 Å². The lowest BCUT2D eigenvalue weighted by Crippen LogP contribution is -2.17. The second-order valence-electron chi connectivity index (χ2n) is 5.13. The SMILES string of the molecule is N#Cc1cc(Br)cc(NC2CCCc3ccccc32)c1. The quantitative estimate of drug-likeness (QED) is 0.859. The largest absolute Gasteiger partial charge is 0.378 e. The zero-order valence-electron chi connectivity index (χ0n) is 11.1. The van der Waals surface area contributed by atoms with Gasteiger partial charge in [-0.1, -0.05) is 40.2 Å². The standard InChI is InChI=1S/C17H15BrN2/c18-14-8-12(11-19)9-15(10-14)20-17-7-3-5-13-4-1-2-6-16(13)17/h1-2,4,6,8-10,17,20H,3,5,7H2. The zero-order chi connectivity index (χ0) is 13.9. The third-order valence-corrected chi connectivity index (χ3v) is 4.20. The minimum Gasteiger partial charge on any atom is -0.378 e. The summed E-state index contributed by atoms with van der Waals surface area (Å²) in [6, 6.07) is 16.9. The van der Waals surface area contributed by atoms with Crippen LogP contribution >= 0.6 is 15.9 Å². The van der Waals surface area contributed by atoms with Crippen LogP contribution in [-0.4, -0.2) is 0 Å². The van der Waals surface area contributed by atoms with Gasteiger partial charge < -0.3 is 5.32 Å². The highest BCUT2D eigenvalue weighted by atomic mass is 79.9. The van der Waals surface area contributed by atoms with Gasteiger partial charge in [0.2, 0.25) is 0 Å². The number of hydrogen-bond donors (Lipinski definition) is 1. The number of benzene rings is 2. The molecule has 0 aliphatic heterocycles. The lowest BCUT2D eigenvalue weighted by Gasteiger charge is -2.27. The summed E-state index contributed by atoms with van der Waals surface area (Å²) in [6.45, 7) is 0. The molecule has 20 heavy (non-hydrogen) atoms. The Balaban J connectivity index is 1.89. The van der Waals surface area contributed by atoms with Crippen LogP contribution in [0.25, 0.3) is 0 Å². The Labute approximate surface area is 127 Å². The number of fused-ring (bicyclic) bond motifs is 1. The first-order valence-electron chi connectivity index (χ1n) is 6.81. The maximum absolute atomic E-state index is 9.05. The molecule has 3 heteroatoms. The Morgan fingerprint density at radius 2 is 2.05 bits per heavy atom. The van der Waals surface area contributed by atoms with Crippen LogP contribution in [0.15, 0.2) is 46.9 Å². The van der Waals surface area contributed by atoms with E-state index in [-0.39, 0.29) is 0 Å².